The van der Waals surface area contributed by atoms with Crippen molar-refractivity contribution in [2.45, 2.75) is 18.9 Å². The second-order valence-electron chi connectivity index (χ2n) is 2.95. The average molecular weight is 192 g/mol. The number of nitrogens with two attached hydrogens (primary N) is 1. The summed E-state index contributed by atoms with van der Waals surface area (Å²) in [7, 11) is 1.39. The highest BCUT2D eigenvalue weighted by Gasteiger charge is 2.32. The Kier molecular flexibility index (Phi) is 4.28. The van der Waals surface area contributed by atoms with Gasteiger partial charge in [-0.25, -0.2) is 0 Å². The molecule has 0 amide bonds. The standard InChI is InChI=1S/C8H13NO2.ClH/c1-5-3-6(7(9)4-5)8(10)11-2;/h6-7H,1,3-4,9H2,2H3;1H/t6-,7+;/m1./s1. The van der Waals surface area contributed by atoms with Crippen LogP contribution in [0.15, 0.2) is 12.2 Å². The third kappa shape index (κ3) is 2.22. The summed E-state index contributed by atoms with van der Waals surface area (Å²) in [5, 5.41) is 0. The molecular formula is C8H14ClNO2. The first kappa shape index (κ1) is 11.5. The summed E-state index contributed by atoms with van der Waals surface area (Å²) in [4.78, 5) is 11.0. The minimum absolute atomic E-state index is 0. The van der Waals surface area contributed by atoms with Crippen LogP contribution in [-0.4, -0.2) is 19.1 Å². The van der Waals surface area contributed by atoms with Crippen LogP contribution in [0.4, 0.5) is 0 Å². The van der Waals surface area contributed by atoms with E-state index in [0.29, 0.717) is 6.42 Å². The number of esters is 1. The summed E-state index contributed by atoms with van der Waals surface area (Å²) < 4.78 is 4.59. The Morgan fingerprint density at radius 3 is 2.58 bits per heavy atom. The lowest BCUT2D eigenvalue weighted by atomic mass is 10.1. The quantitative estimate of drug-likeness (QED) is 0.495. The minimum Gasteiger partial charge on any atom is -0.469 e. The van der Waals surface area contributed by atoms with Gasteiger partial charge in [0.05, 0.1) is 13.0 Å². The molecule has 0 aromatic heterocycles. The molecule has 70 valence electrons. The predicted octanol–water partition coefficient (Wildman–Crippen LogP) is 0.875. The van der Waals surface area contributed by atoms with Crippen molar-refractivity contribution in [1.29, 1.82) is 0 Å². The smallest absolute Gasteiger partial charge is 0.310 e. The SMILES string of the molecule is C=C1C[C@H](N)[C@H](C(=O)OC)C1.Cl. The van der Waals surface area contributed by atoms with Crippen LogP contribution in [0.5, 0.6) is 0 Å². The first-order valence-corrected chi connectivity index (χ1v) is 3.65. The van der Waals surface area contributed by atoms with Crippen molar-refractivity contribution in [3.63, 3.8) is 0 Å². The van der Waals surface area contributed by atoms with Gasteiger partial charge in [0, 0.05) is 6.04 Å². The van der Waals surface area contributed by atoms with Gasteiger partial charge in [-0.05, 0) is 12.8 Å². The van der Waals surface area contributed by atoms with Gasteiger partial charge < -0.3 is 10.5 Å². The molecule has 0 saturated heterocycles. The maximum absolute atomic E-state index is 11.0. The second-order valence-corrected chi connectivity index (χ2v) is 2.95. The molecular weight excluding hydrogens is 178 g/mol. The Morgan fingerprint density at radius 2 is 2.25 bits per heavy atom. The molecule has 0 aromatic carbocycles. The largest absolute Gasteiger partial charge is 0.469 e. The molecule has 12 heavy (non-hydrogen) atoms. The molecule has 0 aliphatic heterocycles. The van der Waals surface area contributed by atoms with E-state index in [1.807, 2.05) is 0 Å². The molecule has 1 aliphatic rings. The Labute approximate surface area is 78.4 Å². The van der Waals surface area contributed by atoms with Crippen molar-refractivity contribution in [2.75, 3.05) is 7.11 Å². The fourth-order valence-electron chi connectivity index (χ4n) is 1.43. The predicted molar refractivity (Wildman–Crippen MR) is 49.1 cm³/mol. The Hall–Kier alpha value is -0.540. The van der Waals surface area contributed by atoms with Crippen LogP contribution in [0.2, 0.25) is 0 Å². The van der Waals surface area contributed by atoms with E-state index in [1.54, 1.807) is 0 Å². The molecule has 0 radical (unpaired) electrons. The Balaban J connectivity index is 0.00000121. The maximum atomic E-state index is 11.0. The summed E-state index contributed by atoms with van der Waals surface area (Å²) >= 11 is 0. The Morgan fingerprint density at radius 1 is 1.67 bits per heavy atom. The van der Waals surface area contributed by atoms with E-state index in [4.69, 9.17) is 5.73 Å². The highest BCUT2D eigenvalue weighted by atomic mass is 35.5. The second kappa shape index (κ2) is 4.48. The normalized spacial score (nSPS) is 28.0. The van der Waals surface area contributed by atoms with Crippen LogP contribution >= 0.6 is 12.4 Å². The fraction of sp³-hybridized carbons (Fsp3) is 0.625. The topological polar surface area (TPSA) is 52.3 Å². The molecule has 0 heterocycles. The Bertz CT molecular complexity index is 193. The number of methoxy groups -OCH3 is 1. The third-order valence-corrected chi connectivity index (χ3v) is 2.05. The van der Waals surface area contributed by atoms with Crippen LogP contribution in [0.1, 0.15) is 12.8 Å². The van der Waals surface area contributed by atoms with E-state index >= 15 is 0 Å². The van der Waals surface area contributed by atoms with Gasteiger partial charge in [-0.2, -0.15) is 0 Å². The first-order valence-electron chi connectivity index (χ1n) is 3.65. The zero-order valence-electron chi connectivity index (χ0n) is 7.08. The van der Waals surface area contributed by atoms with E-state index in [0.717, 1.165) is 12.0 Å². The number of hydrogen-bond donors (Lipinski definition) is 1. The van der Waals surface area contributed by atoms with Crippen molar-refractivity contribution in [1.82, 2.24) is 0 Å². The van der Waals surface area contributed by atoms with Gasteiger partial charge in [-0.15, -0.1) is 12.4 Å². The number of carbonyl (C=O) groups is 1. The molecule has 2 atom stereocenters. The molecule has 1 rings (SSSR count). The number of rotatable bonds is 1. The molecule has 2 N–H and O–H groups in total. The highest BCUT2D eigenvalue weighted by Crippen LogP contribution is 2.28. The summed E-state index contributed by atoms with van der Waals surface area (Å²) in [6.45, 7) is 3.78. The number of carbonyl (C=O) groups excluding carboxylic acids is 1. The number of ether oxygens (including phenoxy) is 1. The fourth-order valence-corrected chi connectivity index (χ4v) is 1.43. The van der Waals surface area contributed by atoms with Gasteiger partial charge in [0.2, 0.25) is 0 Å². The molecule has 4 heteroatoms. The number of halogens is 1. The monoisotopic (exact) mass is 191 g/mol. The van der Waals surface area contributed by atoms with Crippen molar-refractivity contribution < 1.29 is 9.53 Å². The van der Waals surface area contributed by atoms with Crippen molar-refractivity contribution in [2.24, 2.45) is 11.7 Å². The molecule has 3 nitrogen and oxygen atoms in total. The van der Waals surface area contributed by atoms with E-state index in [-0.39, 0.29) is 30.3 Å². The summed E-state index contributed by atoms with van der Waals surface area (Å²) in [6.07, 6.45) is 1.44. The van der Waals surface area contributed by atoms with E-state index in [9.17, 15) is 4.79 Å². The van der Waals surface area contributed by atoms with Gasteiger partial charge >= 0.3 is 5.97 Å². The summed E-state index contributed by atoms with van der Waals surface area (Å²) in [6, 6.07) is -0.0880. The molecule has 0 aromatic rings. The molecule has 0 unspecified atom stereocenters. The zero-order valence-corrected chi connectivity index (χ0v) is 7.89. The molecule has 0 bridgehead atoms. The van der Waals surface area contributed by atoms with Crippen LogP contribution in [0.25, 0.3) is 0 Å². The third-order valence-electron chi connectivity index (χ3n) is 2.05. The van der Waals surface area contributed by atoms with Crippen molar-refractivity contribution >= 4 is 18.4 Å². The zero-order chi connectivity index (χ0) is 8.43. The van der Waals surface area contributed by atoms with Crippen molar-refractivity contribution in [3.8, 4) is 0 Å². The van der Waals surface area contributed by atoms with Crippen LogP contribution in [-0.2, 0) is 9.53 Å². The molecule has 1 aliphatic carbocycles. The average Bonchev–Trinajstić information content (AvgIpc) is 2.28. The van der Waals surface area contributed by atoms with E-state index in [1.165, 1.54) is 7.11 Å². The maximum Gasteiger partial charge on any atom is 0.310 e. The molecule has 1 saturated carbocycles. The van der Waals surface area contributed by atoms with Crippen molar-refractivity contribution in [3.05, 3.63) is 12.2 Å². The van der Waals surface area contributed by atoms with E-state index < -0.39 is 0 Å². The van der Waals surface area contributed by atoms with Crippen LogP contribution in [0.3, 0.4) is 0 Å². The summed E-state index contributed by atoms with van der Waals surface area (Å²) in [5.74, 6) is -0.372. The van der Waals surface area contributed by atoms with Gasteiger partial charge in [0.1, 0.15) is 0 Å². The van der Waals surface area contributed by atoms with Crippen LogP contribution < -0.4 is 5.73 Å². The van der Waals surface area contributed by atoms with Gasteiger partial charge in [0.15, 0.2) is 0 Å². The molecule has 1 fully saturated rings. The van der Waals surface area contributed by atoms with Gasteiger partial charge in [-0.3, -0.25) is 4.79 Å². The lowest BCUT2D eigenvalue weighted by Gasteiger charge is -2.10. The van der Waals surface area contributed by atoms with E-state index in [2.05, 4.69) is 11.3 Å². The van der Waals surface area contributed by atoms with Gasteiger partial charge in [-0.1, -0.05) is 12.2 Å². The van der Waals surface area contributed by atoms with Gasteiger partial charge in [0.25, 0.3) is 0 Å². The minimum atomic E-state index is -0.212. The lowest BCUT2D eigenvalue weighted by molar-refractivity contribution is -0.145. The van der Waals surface area contributed by atoms with Crippen LogP contribution in [0, 0.1) is 5.92 Å². The number of hydrogen-bond acceptors (Lipinski definition) is 3. The summed E-state index contributed by atoms with van der Waals surface area (Å²) in [5.41, 5.74) is 6.73. The molecule has 0 spiro atoms. The highest BCUT2D eigenvalue weighted by molar-refractivity contribution is 5.85. The lowest BCUT2D eigenvalue weighted by Crippen LogP contribution is -2.31. The first-order chi connectivity index (χ1) is 5.15.